The van der Waals surface area contributed by atoms with Crippen LogP contribution in [0.15, 0.2) is 0 Å². The van der Waals surface area contributed by atoms with Gasteiger partial charge in [0.2, 0.25) is 0 Å². The summed E-state index contributed by atoms with van der Waals surface area (Å²) in [6, 6.07) is 0.421. The summed E-state index contributed by atoms with van der Waals surface area (Å²) in [5, 5.41) is 10.2. The average Bonchev–Trinajstić information content (AvgIpc) is 2.32. The van der Waals surface area contributed by atoms with E-state index < -0.39 is 5.60 Å². The molecule has 0 saturated carbocycles. The second-order valence-corrected chi connectivity index (χ2v) is 7.26. The molecule has 0 spiro atoms. The Morgan fingerprint density at radius 3 is 2.29 bits per heavy atom. The fraction of sp³-hybridized carbons (Fsp3) is 1.00. The quantitative estimate of drug-likeness (QED) is 0.764. The normalized spacial score (nSPS) is 41.6. The van der Waals surface area contributed by atoms with Gasteiger partial charge in [0.05, 0.1) is 16.8 Å². The molecule has 0 radical (unpaired) electrons. The molecule has 2 saturated heterocycles. The van der Waals surface area contributed by atoms with Gasteiger partial charge in [-0.25, -0.2) is 0 Å². The van der Waals surface area contributed by atoms with Crippen molar-refractivity contribution in [1.29, 1.82) is 0 Å². The standard InChI is InChI=1S/C14H27NO2/c1-12(2)9-11(13(3,4)17-12)15-8-6-7-14(5,16)10-15/h11,16H,6-10H2,1-5H3. The van der Waals surface area contributed by atoms with Gasteiger partial charge < -0.3 is 9.84 Å². The molecule has 2 rings (SSSR count). The number of hydrogen-bond acceptors (Lipinski definition) is 3. The molecule has 2 aliphatic heterocycles. The van der Waals surface area contributed by atoms with Gasteiger partial charge in [0.15, 0.2) is 0 Å². The highest BCUT2D eigenvalue weighted by atomic mass is 16.5. The predicted octanol–water partition coefficient (Wildman–Crippen LogP) is 2.18. The lowest BCUT2D eigenvalue weighted by Gasteiger charge is -2.43. The van der Waals surface area contributed by atoms with Gasteiger partial charge in [-0.2, -0.15) is 0 Å². The zero-order chi connectivity index (χ0) is 12.9. The third-order valence-electron chi connectivity index (χ3n) is 4.17. The van der Waals surface area contributed by atoms with Gasteiger partial charge in [-0.05, 0) is 60.4 Å². The highest BCUT2D eigenvalue weighted by molar-refractivity contribution is 5.02. The lowest BCUT2D eigenvalue weighted by atomic mass is 9.88. The Balaban J connectivity index is 2.12. The number of aliphatic hydroxyl groups is 1. The molecule has 0 aromatic heterocycles. The Hall–Kier alpha value is -0.120. The van der Waals surface area contributed by atoms with Crippen molar-refractivity contribution >= 4 is 0 Å². The number of piperidine rings is 1. The molecule has 3 nitrogen and oxygen atoms in total. The molecule has 0 aliphatic carbocycles. The Kier molecular flexibility index (Phi) is 3.08. The molecular weight excluding hydrogens is 214 g/mol. The first-order chi connectivity index (χ1) is 7.61. The largest absolute Gasteiger partial charge is 0.389 e. The number of nitrogens with zero attached hydrogens (tertiary/aromatic N) is 1. The number of ether oxygens (including phenoxy) is 1. The molecule has 0 amide bonds. The van der Waals surface area contributed by atoms with Crippen LogP contribution in [0.4, 0.5) is 0 Å². The first-order valence-corrected chi connectivity index (χ1v) is 6.78. The minimum Gasteiger partial charge on any atom is -0.389 e. The van der Waals surface area contributed by atoms with Gasteiger partial charge in [-0.1, -0.05) is 0 Å². The van der Waals surface area contributed by atoms with Crippen LogP contribution in [0.5, 0.6) is 0 Å². The number of β-amino-alcohol motifs (C(OH)–C–C–N with tert-alkyl or cyclic N) is 1. The van der Waals surface area contributed by atoms with Gasteiger partial charge in [-0.15, -0.1) is 0 Å². The van der Waals surface area contributed by atoms with E-state index in [1.165, 1.54) is 0 Å². The zero-order valence-corrected chi connectivity index (χ0v) is 11.9. The molecule has 0 bridgehead atoms. The zero-order valence-electron chi connectivity index (χ0n) is 11.9. The molecule has 1 N–H and O–H groups in total. The molecule has 2 atom stereocenters. The van der Waals surface area contributed by atoms with E-state index in [0.29, 0.717) is 6.04 Å². The molecule has 2 unspecified atom stereocenters. The summed E-state index contributed by atoms with van der Waals surface area (Å²) in [6.07, 6.45) is 3.05. The Morgan fingerprint density at radius 1 is 1.18 bits per heavy atom. The lowest BCUT2D eigenvalue weighted by molar-refractivity contribution is -0.0945. The molecule has 2 aliphatic rings. The van der Waals surface area contributed by atoms with Crippen LogP contribution in [0.1, 0.15) is 53.9 Å². The summed E-state index contributed by atoms with van der Waals surface area (Å²) in [4.78, 5) is 2.43. The van der Waals surface area contributed by atoms with Gasteiger partial charge in [0, 0.05) is 12.6 Å². The molecule has 2 heterocycles. The molecule has 17 heavy (non-hydrogen) atoms. The van der Waals surface area contributed by atoms with E-state index in [0.717, 1.165) is 32.4 Å². The van der Waals surface area contributed by atoms with Crippen molar-refractivity contribution in [2.45, 2.75) is 76.7 Å². The fourth-order valence-corrected chi connectivity index (χ4v) is 3.63. The van der Waals surface area contributed by atoms with Gasteiger partial charge in [-0.3, -0.25) is 4.90 Å². The summed E-state index contributed by atoms with van der Waals surface area (Å²) in [6.45, 7) is 12.5. The van der Waals surface area contributed by atoms with Crippen molar-refractivity contribution in [2.24, 2.45) is 0 Å². The Morgan fingerprint density at radius 2 is 1.82 bits per heavy atom. The number of rotatable bonds is 1. The van der Waals surface area contributed by atoms with Crippen molar-refractivity contribution in [2.75, 3.05) is 13.1 Å². The molecular formula is C14H27NO2. The molecule has 2 fully saturated rings. The second kappa shape index (κ2) is 3.94. The van der Waals surface area contributed by atoms with Crippen molar-refractivity contribution in [3.8, 4) is 0 Å². The maximum Gasteiger partial charge on any atom is 0.0789 e. The predicted molar refractivity (Wildman–Crippen MR) is 69.1 cm³/mol. The topological polar surface area (TPSA) is 32.7 Å². The van der Waals surface area contributed by atoms with E-state index in [9.17, 15) is 5.11 Å². The second-order valence-electron chi connectivity index (χ2n) is 7.26. The van der Waals surface area contributed by atoms with E-state index in [1.807, 2.05) is 6.92 Å². The summed E-state index contributed by atoms with van der Waals surface area (Å²) >= 11 is 0. The van der Waals surface area contributed by atoms with E-state index in [2.05, 4.69) is 32.6 Å². The van der Waals surface area contributed by atoms with Crippen molar-refractivity contribution < 1.29 is 9.84 Å². The Bertz CT molecular complexity index is 297. The maximum atomic E-state index is 10.2. The summed E-state index contributed by atoms with van der Waals surface area (Å²) in [7, 11) is 0. The van der Waals surface area contributed by atoms with Crippen LogP contribution in [0.3, 0.4) is 0 Å². The molecule has 100 valence electrons. The number of hydrogen-bond donors (Lipinski definition) is 1. The smallest absolute Gasteiger partial charge is 0.0789 e. The van der Waals surface area contributed by atoms with Crippen LogP contribution < -0.4 is 0 Å². The Labute approximate surface area is 105 Å². The van der Waals surface area contributed by atoms with E-state index in [1.54, 1.807) is 0 Å². The van der Waals surface area contributed by atoms with Crippen LogP contribution >= 0.6 is 0 Å². The number of likely N-dealkylation sites (tertiary alicyclic amines) is 1. The molecule has 0 aromatic carbocycles. The van der Waals surface area contributed by atoms with Crippen LogP contribution in [0.25, 0.3) is 0 Å². The third-order valence-corrected chi connectivity index (χ3v) is 4.17. The summed E-state index contributed by atoms with van der Waals surface area (Å²) in [5.41, 5.74) is -0.685. The van der Waals surface area contributed by atoms with Crippen molar-refractivity contribution in [1.82, 2.24) is 4.90 Å². The van der Waals surface area contributed by atoms with E-state index in [4.69, 9.17) is 4.74 Å². The first kappa shape index (κ1) is 13.3. The lowest BCUT2D eigenvalue weighted by Crippen LogP contribution is -2.55. The van der Waals surface area contributed by atoms with E-state index in [-0.39, 0.29) is 11.2 Å². The maximum absolute atomic E-state index is 10.2. The van der Waals surface area contributed by atoms with Crippen LogP contribution in [0, 0.1) is 0 Å². The van der Waals surface area contributed by atoms with Gasteiger partial charge in [0.25, 0.3) is 0 Å². The average molecular weight is 241 g/mol. The van der Waals surface area contributed by atoms with Crippen LogP contribution in [0.2, 0.25) is 0 Å². The van der Waals surface area contributed by atoms with E-state index >= 15 is 0 Å². The third kappa shape index (κ3) is 2.83. The fourth-order valence-electron chi connectivity index (χ4n) is 3.63. The first-order valence-electron chi connectivity index (χ1n) is 6.78. The monoisotopic (exact) mass is 241 g/mol. The SMILES string of the molecule is CC1(O)CCCN(C2CC(C)(C)OC2(C)C)C1. The van der Waals surface area contributed by atoms with Crippen LogP contribution in [-0.4, -0.2) is 45.9 Å². The van der Waals surface area contributed by atoms with Crippen molar-refractivity contribution in [3.63, 3.8) is 0 Å². The van der Waals surface area contributed by atoms with Crippen molar-refractivity contribution in [3.05, 3.63) is 0 Å². The summed E-state index contributed by atoms with van der Waals surface area (Å²) < 4.78 is 6.15. The highest BCUT2D eigenvalue weighted by Gasteiger charge is 2.49. The minimum absolute atomic E-state index is 0.0442. The summed E-state index contributed by atoms with van der Waals surface area (Å²) in [5.74, 6) is 0. The molecule has 3 heteroatoms. The van der Waals surface area contributed by atoms with Gasteiger partial charge >= 0.3 is 0 Å². The highest BCUT2D eigenvalue weighted by Crippen LogP contribution is 2.41. The minimum atomic E-state index is -0.527. The van der Waals surface area contributed by atoms with Crippen LogP contribution in [-0.2, 0) is 4.74 Å². The molecule has 0 aromatic rings. The van der Waals surface area contributed by atoms with Gasteiger partial charge in [0.1, 0.15) is 0 Å².